The first kappa shape index (κ1) is 14.0. The van der Waals surface area contributed by atoms with E-state index in [1.54, 1.807) is 11.3 Å². The summed E-state index contributed by atoms with van der Waals surface area (Å²) in [6.07, 6.45) is 1.25. The molecule has 0 amide bonds. The summed E-state index contributed by atoms with van der Waals surface area (Å²) in [5.41, 5.74) is 7.73. The zero-order chi connectivity index (χ0) is 13.2. The summed E-state index contributed by atoms with van der Waals surface area (Å²) in [4.78, 5) is 0. The third-order valence-corrected chi connectivity index (χ3v) is 5.09. The summed E-state index contributed by atoms with van der Waals surface area (Å²) < 4.78 is 5.73. The lowest BCUT2D eigenvalue weighted by molar-refractivity contribution is -0.148. The number of nitrogens with two attached hydrogens (primary N) is 1. The summed E-state index contributed by atoms with van der Waals surface area (Å²) in [6.45, 7) is 8.98. The van der Waals surface area contributed by atoms with Crippen LogP contribution in [-0.4, -0.2) is 24.8 Å². The van der Waals surface area contributed by atoms with Crippen LogP contribution in [0.1, 0.15) is 32.8 Å². The molecule has 1 aliphatic carbocycles. The Balaban J connectivity index is 1.82. The zero-order valence-electron chi connectivity index (χ0n) is 11.5. The van der Waals surface area contributed by atoms with Gasteiger partial charge in [-0.25, -0.2) is 0 Å². The molecule has 3 N–H and O–H groups in total. The summed E-state index contributed by atoms with van der Waals surface area (Å²) in [7, 11) is 0. The number of hydrogen-bond donors (Lipinski definition) is 2. The van der Waals surface area contributed by atoms with Gasteiger partial charge in [0, 0.05) is 30.7 Å². The molecule has 102 valence electrons. The van der Waals surface area contributed by atoms with Crippen molar-refractivity contribution in [3.63, 3.8) is 0 Å². The van der Waals surface area contributed by atoms with Crippen LogP contribution in [0, 0.1) is 5.41 Å². The quantitative estimate of drug-likeness (QED) is 0.832. The molecule has 2 rings (SSSR count). The fraction of sp³-hybridized carbons (Fsp3) is 0.714. The summed E-state index contributed by atoms with van der Waals surface area (Å²) in [5, 5.41) is 7.75. The van der Waals surface area contributed by atoms with Crippen LogP contribution in [-0.2, 0) is 11.3 Å². The van der Waals surface area contributed by atoms with Crippen molar-refractivity contribution in [2.75, 3.05) is 13.2 Å². The molecule has 0 spiro atoms. The van der Waals surface area contributed by atoms with Crippen molar-refractivity contribution in [3.8, 4) is 0 Å². The highest BCUT2D eigenvalue weighted by molar-refractivity contribution is 7.07. The number of rotatable bonds is 6. The fourth-order valence-electron chi connectivity index (χ4n) is 2.63. The van der Waals surface area contributed by atoms with Gasteiger partial charge in [0.05, 0.1) is 6.10 Å². The van der Waals surface area contributed by atoms with Gasteiger partial charge in [0.25, 0.3) is 0 Å². The molecule has 18 heavy (non-hydrogen) atoms. The standard InChI is InChI=1S/C14H24N2OS/c1-4-17-12-7-14(15,13(12,2)3)10-16-8-11-5-6-18-9-11/h5-6,9,12,16H,4,7-8,10,15H2,1-3H3. The minimum Gasteiger partial charge on any atom is -0.378 e. The molecule has 0 saturated heterocycles. The Hall–Kier alpha value is -0.420. The number of nitrogens with one attached hydrogen (secondary N) is 1. The van der Waals surface area contributed by atoms with Crippen molar-refractivity contribution in [2.45, 2.75) is 45.4 Å². The second-order valence-corrected chi connectivity index (χ2v) is 6.54. The summed E-state index contributed by atoms with van der Waals surface area (Å²) in [5.74, 6) is 0. The first-order valence-corrected chi connectivity index (χ1v) is 7.56. The molecule has 2 unspecified atom stereocenters. The van der Waals surface area contributed by atoms with Crippen molar-refractivity contribution in [3.05, 3.63) is 22.4 Å². The molecule has 3 nitrogen and oxygen atoms in total. The molecule has 0 aliphatic heterocycles. The number of thiophene rings is 1. The SMILES string of the molecule is CCOC1CC(N)(CNCc2ccsc2)C1(C)C. The molecule has 2 atom stereocenters. The Bertz CT molecular complexity index is 377. The van der Waals surface area contributed by atoms with Crippen molar-refractivity contribution in [1.82, 2.24) is 5.32 Å². The highest BCUT2D eigenvalue weighted by atomic mass is 32.1. The Morgan fingerprint density at radius 1 is 1.56 bits per heavy atom. The van der Waals surface area contributed by atoms with E-state index < -0.39 is 0 Å². The number of ether oxygens (including phenoxy) is 1. The van der Waals surface area contributed by atoms with E-state index in [0.29, 0.717) is 6.10 Å². The Morgan fingerprint density at radius 3 is 2.89 bits per heavy atom. The molecule has 1 aromatic heterocycles. The van der Waals surface area contributed by atoms with Crippen molar-refractivity contribution < 1.29 is 4.74 Å². The Labute approximate surface area is 114 Å². The van der Waals surface area contributed by atoms with Gasteiger partial charge < -0.3 is 15.8 Å². The second-order valence-electron chi connectivity index (χ2n) is 5.76. The molecule has 0 aromatic carbocycles. The molecule has 1 aromatic rings. The predicted octanol–water partition coefficient (Wildman–Crippen LogP) is 2.37. The van der Waals surface area contributed by atoms with Gasteiger partial charge in [-0.3, -0.25) is 0 Å². The van der Waals surface area contributed by atoms with Crippen LogP contribution in [0.2, 0.25) is 0 Å². The minimum atomic E-state index is -0.150. The monoisotopic (exact) mass is 268 g/mol. The van der Waals surface area contributed by atoms with Crippen LogP contribution in [0.4, 0.5) is 0 Å². The topological polar surface area (TPSA) is 47.3 Å². The van der Waals surface area contributed by atoms with Gasteiger partial charge in [0.1, 0.15) is 0 Å². The summed E-state index contributed by atoms with van der Waals surface area (Å²) in [6, 6.07) is 2.15. The Kier molecular flexibility index (Phi) is 4.11. The minimum absolute atomic E-state index is 0.0463. The lowest BCUT2D eigenvalue weighted by Gasteiger charge is -2.59. The molecule has 4 heteroatoms. The van der Waals surface area contributed by atoms with Gasteiger partial charge in [-0.15, -0.1) is 0 Å². The molecular formula is C14H24N2OS. The van der Waals surface area contributed by atoms with E-state index in [1.807, 2.05) is 6.92 Å². The van der Waals surface area contributed by atoms with Crippen LogP contribution in [0.15, 0.2) is 16.8 Å². The Morgan fingerprint density at radius 2 is 2.33 bits per heavy atom. The van der Waals surface area contributed by atoms with Gasteiger partial charge in [-0.1, -0.05) is 13.8 Å². The fourth-order valence-corrected chi connectivity index (χ4v) is 3.30. The predicted molar refractivity (Wildman–Crippen MR) is 76.8 cm³/mol. The first-order chi connectivity index (χ1) is 8.49. The van der Waals surface area contributed by atoms with Crippen LogP contribution in [0.25, 0.3) is 0 Å². The zero-order valence-corrected chi connectivity index (χ0v) is 12.3. The molecule has 1 fully saturated rings. The normalized spacial score (nSPS) is 30.1. The van der Waals surface area contributed by atoms with Crippen LogP contribution >= 0.6 is 11.3 Å². The molecule has 0 bridgehead atoms. The molecule has 1 saturated carbocycles. The first-order valence-electron chi connectivity index (χ1n) is 6.62. The van der Waals surface area contributed by atoms with Gasteiger partial charge >= 0.3 is 0 Å². The lowest BCUT2D eigenvalue weighted by atomic mass is 9.54. The average molecular weight is 268 g/mol. The van der Waals surface area contributed by atoms with Crippen LogP contribution in [0.3, 0.4) is 0 Å². The largest absolute Gasteiger partial charge is 0.378 e. The van der Waals surface area contributed by atoms with E-state index in [-0.39, 0.29) is 11.0 Å². The van der Waals surface area contributed by atoms with Gasteiger partial charge in [0.2, 0.25) is 0 Å². The van der Waals surface area contributed by atoms with Crippen molar-refractivity contribution >= 4 is 11.3 Å². The van der Waals surface area contributed by atoms with E-state index >= 15 is 0 Å². The maximum atomic E-state index is 6.50. The third kappa shape index (κ3) is 2.48. The molecular weight excluding hydrogens is 244 g/mol. The van der Waals surface area contributed by atoms with Crippen molar-refractivity contribution in [1.29, 1.82) is 0 Å². The third-order valence-electron chi connectivity index (χ3n) is 4.36. The van der Waals surface area contributed by atoms with Gasteiger partial charge in [-0.05, 0) is 35.7 Å². The molecule has 1 aliphatic rings. The van der Waals surface area contributed by atoms with E-state index in [2.05, 4.69) is 36.0 Å². The van der Waals surface area contributed by atoms with Crippen LogP contribution in [0.5, 0.6) is 0 Å². The van der Waals surface area contributed by atoms with E-state index in [1.165, 1.54) is 5.56 Å². The van der Waals surface area contributed by atoms with E-state index in [9.17, 15) is 0 Å². The lowest BCUT2D eigenvalue weighted by Crippen LogP contribution is -2.73. The second kappa shape index (κ2) is 5.29. The molecule has 1 heterocycles. The smallest absolute Gasteiger partial charge is 0.0662 e. The van der Waals surface area contributed by atoms with Crippen LogP contribution < -0.4 is 11.1 Å². The van der Waals surface area contributed by atoms with E-state index in [0.717, 1.165) is 26.1 Å². The summed E-state index contributed by atoms with van der Waals surface area (Å²) >= 11 is 1.73. The van der Waals surface area contributed by atoms with Crippen molar-refractivity contribution in [2.24, 2.45) is 11.1 Å². The van der Waals surface area contributed by atoms with E-state index in [4.69, 9.17) is 10.5 Å². The highest BCUT2D eigenvalue weighted by Gasteiger charge is 2.57. The number of hydrogen-bond acceptors (Lipinski definition) is 4. The maximum Gasteiger partial charge on any atom is 0.0662 e. The van der Waals surface area contributed by atoms with Gasteiger partial charge in [-0.2, -0.15) is 11.3 Å². The maximum absolute atomic E-state index is 6.50. The molecule has 0 radical (unpaired) electrons. The highest BCUT2D eigenvalue weighted by Crippen LogP contribution is 2.49. The average Bonchev–Trinajstić information content (AvgIpc) is 2.82. The van der Waals surface area contributed by atoms with Gasteiger partial charge in [0.15, 0.2) is 0 Å².